The van der Waals surface area contributed by atoms with E-state index in [2.05, 4.69) is 19.9 Å². The van der Waals surface area contributed by atoms with Gasteiger partial charge < -0.3 is 5.73 Å². The Labute approximate surface area is 99.5 Å². The highest BCUT2D eigenvalue weighted by Crippen LogP contribution is 2.66. The second-order valence-corrected chi connectivity index (χ2v) is 6.87. The fourth-order valence-corrected chi connectivity index (χ4v) is 4.50. The van der Waals surface area contributed by atoms with Gasteiger partial charge in [-0.3, -0.25) is 0 Å². The highest BCUT2D eigenvalue weighted by Gasteiger charge is 2.56. The molecular weight excluding hydrogens is 194 g/mol. The number of rotatable bonds is 3. The van der Waals surface area contributed by atoms with Crippen molar-refractivity contribution in [1.29, 1.82) is 0 Å². The minimum absolute atomic E-state index is 0.544. The molecule has 0 saturated heterocycles. The molecule has 2 atom stereocenters. The Morgan fingerprint density at radius 3 is 2.56 bits per heavy atom. The average Bonchev–Trinajstić information content (AvgIpc) is 2.23. The smallest absolute Gasteiger partial charge is 0.00689 e. The lowest BCUT2D eigenvalue weighted by Gasteiger charge is -2.61. The molecule has 0 aromatic carbocycles. The van der Waals surface area contributed by atoms with Crippen LogP contribution in [0.25, 0.3) is 0 Å². The fourth-order valence-electron chi connectivity index (χ4n) is 4.50. The van der Waals surface area contributed by atoms with Gasteiger partial charge in [0.25, 0.3) is 0 Å². The van der Waals surface area contributed by atoms with Crippen LogP contribution in [0.1, 0.15) is 52.4 Å². The maximum atomic E-state index is 5.83. The summed E-state index contributed by atoms with van der Waals surface area (Å²) in [5.74, 6) is 1.86. The zero-order valence-corrected chi connectivity index (χ0v) is 10.8. The van der Waals surface area contributed by atoms with E-state index >= 15 is 0 Å². The van der Waals surface area contributed by atoms with Gasteiger partial charge in [-0.25, -0.2) is 0 Å². The van der Waals surface area contributed by atoms with Crippen LogP contribution in [-0.2, 0) is 0 Å². The molecule has 4 rings (SSSR count). The normalized spacial score (nSPS) is 38.3. The van der Waals surface area contributed by atoms with Crippen molar-refractivity contribution in [1.82, 2.24) is 0 Å². The molecule has 0 amide bonds. The topological polar surface area (TPSA) is 26.0 Å². The van der Waals surface area contributed by atoms with Gasteiger partial charge in [0.2, 0.25) is 0 Å². The zero-order chi connectivity index (χ0) is 11.4. The summed E-state index contributed by atoms with van der Waals surface area (Å²) in [6, 6.07) is 0. The third kappa shape index (κ3) is 1.21. The largest absolute Gasteiger partial charge is 0.330 e. The predicted octanol–water partition coefficient (Wildman–Crippen LogP) is 3.50. The third-order valence-corrected chi connectivity index (χ3v) is 6.01. The van der Waals surface area contributed by atoms with Crippen LogP contribution < -0.4 is 5.73 Å². The Kier molecular flexibility index (Phi) is 2.27. The summed E-state index contributed by atoms with van der Waals surface area (Å²) in [5, 5.41) is 0. The van der Waals surface area contributed by atoms with Crippen LogP contribution in [0, 0.1) is 22.7 Å². The maximum Gasteiger partial charge on any atom is -0.00689 e. The maximum absolute atomic E-state index is 5.83. The van der Waals surface area contributed by atoms with Crippen LogP contribution in [0.5, 0.6) is 0 Å². The van der Waals surface area contributed by atoms with Crippen molar-refractivity contribution in [3.63, 3.8) is 0 Å². The third-order valence-electron chi connectivity index (χ3n) is 6.01. The summed E-state index contributed by atoms with van der Waals surface area (Å²) >= 11 is 0. The molecule has 1 heteroatoms. The first-order chi connectivity index (χ1) is 7.60. The van der Waals surface area contributed by atoms with E-state index in [4.69, 9.17) is 5.73 Å². The quantitative estimate of drug-likeness (QED) is 0.722. The van der Waals surface area contributed by atoms with Crippen LogP contribution in [0.15, 0.2) is 11.6 Å². The molecule has 0 aliphatic heterocycles. The standard InChI is InChI=1S/C15H25N/c1-14(2)11-4-5-12(13(14)10-11)15(8-9-16)6-3-7-15/h5,11,13H,3-4,6-10,16H2,1-2H3. The van der Waals surface area contributed by atoms with E-state index in [1.165, 1.54) is 38.5 Å². The average molecular weight is 219 g/mol. The lowest BCUT2D eigenvalue weighted by molar-refractivity contribution is -0.0332. The molecule has 0 radical (unpaired) electrons. The summed E-state index contributed by atoms with van der Waals surface area (Å²) in [7, 11) is 0. The molecule has 1 nitrogen and oxygen atoms in total. The number of hydrogen-bond donors (Lipinski definition) is 1. The molecule has 16 heavy (non-hydrogen) atoms. The first-order valence-electron chi connectivity index (χ1n) is 7.01. The van der Waals surface area contributed by atoms with Gasteiger partial charge in [0, 0.05) is 0 Å². The van der Waals surface area contributed by atoms with Gasteiger partial charge >= 0.3 is 0 Å². The Morgan fingerprint density at radius 2 is 2.12 bits per heavy atom. The van der Waals surface area contributed by atoms with Gasteiger partial charge in [0.15, 0.2) is 0 Å². The lowest BCUT2D eigenvalue weighted by Crippen LogP contribution is -2.52. The first kappa shape index (κ1) is 10.8. The minimum Gasteiger partial charge on any atom is -0.330 e. The van der Waals surface area contributed by atoms with E-state index in [-0.39, 0.29) is 0 Å². The Bertz CT molecular complexity index is 322. The van der Waals surface area contributed by atoms with Gasteiger partial charge in [-0.2, -0.15) is 0 Å². The van der Waals surface area contributed by atoms with Crippen molar-refractivity contribution < 1.29 is 0 Å². The van der Waals surface area contributed by atoms with Crippen molar-refractivity contribution in [3.8, 4) is 0 Å². The van der Waals surface area contributed by atoms with Gasteiger partial charge in [-0.1, -0.05) is 31.9 Å². The predicted molar refractivity (Wildman–Crippen MR) is 68.0 cm³/mol. The van der Waals surface area contributed by atoms with Crippen molar-refractivity contribution in [2.45, 2.75) is 52.4 Å². The zero-order valence-electron chi connectivity index (χ0n) is 10.8. The number of nitrogens with two attached hydrogens (primary N) is 1. The summed E-state index contributed by atoms with van der Waals surface area (Å²) in [6.07, 6.45) is 10.9. The molecule has 2 fully saturated rings. The Balaban J connectivity index is 1.87. The summed E-state index contributed by atoms with van der Waals surface area (Å²) < 4.78 is 0. The van der Waals surface area contributed by atoms with Crippen LogP contribution in [0.2, 0.25) is 0 Å². The van der Waals surface area contributed by atoms with Crippen LogP contribution >= 0.6 is 0 Å². The van der Waals surface area contributed by atoms with Crippen LogP contribution in [-0.4, -0.2) is 6.54 Å². The monoisotopic (exact) mass is 219 g/mol. The Morgan fingerprint density at radius 1 is 1.38 bits per heavy atom. The SMILES string of the molecule is CC1(C)C2CC=C(C3(CCN)CCC3)C1C2. The summed E-state index contributed by atoms with van der Waals surface area (Å²) in [4.78, 5) is 0. The van der Waals surface area contributed by atoms with E-state index in [9.17, 15) is 0 Å². The summed E-state index contributed by atoms with van der Waals surface area (Å²) in [6.45, 7) is 5.83. The second kappa shape index (κ2) is 3.35. The van der Waals surface area contributed by atoms with Crippen molar-refractivity contribution >= 4 is 0 Å². The van der Waals surface area contributed by atoms with E-state index in [0.29, 0.717) is 10.8 Å². The van der Waals surface area contributed by atoms with Gasteiger partial charge in [0.1, 0.15) is 0 Å². The molecule has 2 saturated carbocycles. The first-order valence-corrected chi connectivity index (χ1v) is 7.01. The highest BCUT2D eigenvalue weighted by molar-refractivity contribution is 5.31. The second-order valence-electron chi connectivity index (χ2n) is 6.87. The van der Waals surface area contributed by atoms with E-state index < -0.39 is 0 Å². The molecule has 2 bridgehead atoms. The number of allylic oxidation sites excluding steroid dienone is 2. The van der Waals surface area contributed by atoms with E-state index in [1.54, 1.807) is 0 Å². The molecule has 0 heterocycles. The van der Waals surface area contributed by atoms with Gasteiger partial charge in [0.05, 0.1) is 0 Å². The fraction of sp³-hybridized carbons (Fsp3) is 0.867. The van der Waals surface area contributed by atoms with Gasteiger partial charge in [-0.15, -0.1) is 0 Å². The van der Waals surface area contributed by atoms with E-state index in [1.807, 2.05) is 5.57 Å². The molecule has 2 N–H and O–H groups in total. The van der Waals surface area contributed by atoms with Crippen LogP contribution in [0.4, 0.5) is 0 Å². The minimum atomic E-state index is 0.544. The molecule has 90 valence electrons. The number of hydrogen-bond acceptors (Lipinski definition) is 1. The van der Waals surface area contributed by atoms with Crippen LogP contribution in [0.3, 0.4) is 0 Å². The van der Waals surface area contributed by atoms with Crippen molar-refractivity contribution in [2.24, 2.45) is 28.4 Å². The lowest BCUT2D eigenvalue weighted by atomic mass is 9.43. The summed E-state index contributed by atoms with van der Waals surface area (Å²) in [5.41, 5.74) is 8.77. The molecule has 0 spiro atoms. The molecule has 0 aromatic rings. The molecule has 0 aromatic heterocycles. The molecule has 2 unspecified atom stereocenters. The molecule has 4 aliphatic carbocycles. The Hall–Kier alpha value is -0.300. The van der Waals surface area contributed by atoms with Gasteiger partial charge in [-0.05, 0) is 61.3 Å². The highest BCUT2D eigenvalue weighted by atomic mass is 14.6. The molecular formula is C15H25N. The van der Waals surface area contributed by atoms with E-state index in [0.717, 1.165) is 18.4 Å². The van der Waals surface area contributed by atoms with Crippen molar-refractivity contribution in [3.05, 3.63) is 11.6 Å². The molecule has 4 aliphatic rings. The van der Waals surface area contributed by atoms with Crippen molar-refractivity contribution in [2.75, 3.05) is 6.54 Å². The number of fused-ring (bicyclic) bond motifs is 1.